The Morgan fingerprint density at radius 3 is 1.62 bits per heavy atom. The fraction of sp³-hybridized carbons (Fsp3) is 0.0526. The summed E-state index contributed by atoms with van der Waals surface area (Å²) in [6.07, 6.45) is 0. The van der Waals surface area contributed by atoms with E-state index in [4.69, 9.17) is 0 Å². The third-order valence-corrected chi connectivity index (χ3v) is 12.4. The first kappa shape index (κ1) is 34.1. The molecule has 0 radical (unpaired) electrons. The Kier molecular flexibility index (Phi) is 7.91. The van der Waals surface area contributed by atoms with Gasteiger partial charge in [-0.05, 0) is 113 Å². The average molecular weight is 740 g/mol. The molecule has 10 aromatic carbocycles. The highest BCUT2D eigenvalue weighted by molar-refractivity contribution is 6.15. The van der Waals surface area contributed by atoms with Gasteiger partial charge in [0, 0.05) is 22.2 Å². The lowest BCUT2D eigenvalue weighted by Crippen LogP contribution is -2.25. The molecule has 0 amide bonds. The molecule has 0 bridgehead atoms. The zero-order chi connectivity index (χ0) is 38.8. The average Bonchev–Trinajstić information content (AvgIpc) is 3.29. The lowest BCUT2D eigenvalue weighted by atomic mass is 9.65. The molecule has 0 spiro atoms. The SMILES string of the molecule is CC1(C)c2c(-c3ccc(N(c4ccc(-c5ccccc5)cc4)c4cc5ccccc5c5ccccc45)cc3)cccc2-c2c(-c3ccccc3)ccc3cccc1c23. The highest BCUT2D eigenvalue weighted by atomic mass is 15.1. The van der Waals surface area contributed by atoms with Gasteiger partial charge in [0.2, 0.25) is 0 Å². The molecular formula is C57H41N. The minimum absolute atomic E-state index is 0.219. The van der Waals surface area contributed by atoms with Crippen LogP contribution in [-0.4, -0.2) is 0 Å². The number of nitrogens with zero attached hydrogens (tertiary/aromatic N) is 1. The molecule has 0 aliphatic heterocycles. The van der Waals surface area contributed by atoms with Crippen molar-refractivity contribution in [2.45, 2.75) is 19.3 Å². The Morgan fingerprint density at radius 1 is 0.362 bits per heavy atom. The largest absolute Gasteiger partial charge is 0.310 e. The molecule has 0 saturated heterocycles. The van der Waals surface area contributed by atoms with Crippen molar-refractivity contribution in [3.05, 3.63) is 223 Å². The van der Waals surface area contributed by atoms with E-state index in [2.05, 4.69) is 231 Å². The van der Waals surface area contributed by atoms with E-state index in [0.717, 1.165) is 17.1 Å². The van der Waals surface area contributed by atoms with Crippen LogP contribution in [0.4, 0.5) is 17.1 Å². The summed E-state index contributed by atoms with van der Waals surface area (Å²) in [5.41, 5.74) is 16.0. The van der Waals surface area contributed by atoms with Crippen LogP contribution in [0.15, 0.2) is 212 Å². The maximum atomic E-state index is 2.43. The van der Waals surface area contributed by atoms with Gasteiger partial charge in [-0.25, -0.2) is 0 Å². The molecule has 0 N–H and O–H groups in total. The summed E-state index contributed by atoms with van der Waals surface area (Å²) in [7, 11) is 0. The summed E-state index contributed by atoms with van der Waals surface area (Å²) in [4.78, 5) is 2.43. The molecule has 0 saturated carbocycles. The molecule has 0 fully saturated rings. The van der Waals surface area contributed by atoms with E-state index in [1.54, 1.807) is 0 Å². The fourth-order valence-electron chi connectivity index (χ4n) is 9.72. The summed E-state index contributed by atoms with van der Waals surface area (Å²) >= 11 is 0. The molecule has 0 heterocycles. The normalized spacial score (nSPS) is 12.8. The lowest BCUT2D eigenvalue weighted by molar-refractivity contribution is 0.647. The molecular weight excluding hydrogens is 699 g/mol. The van der Waals surface area contributed by atoms with Gasteiger partial charge < -0.3 is 4.90 Å². The number of benzene rings is 10. The van der Waals surface area contributed by atoms with Crippen molar-refractivity contribution in [3.8, 4) is 44.5 Å². The first-order chi connectivity index (χ1) is 28.5. The zero-order valence-corrected chi connectivity index (χ0v) is 32.7. The van der Waals surface area contributed by atoms with Gasteiger partial charge in [-0.1, -0.05) is 196 Å². The van der Waals surface area contributed by atoms with Crippen LogP contribution in [-0.2, 0) is 5.41 Å². The van der Waals surface area contributed by atoms with Crippen LogP contribution in [0.1, 0.15) is 25.0 Å². The highest BCUT2D eigenvalue weighted by Gasteiger charge is 2.36. The smallest absolute Gasteiger partial charge is 0.0546 e. The van der Waals surface area contributed by atoms with E-state index >= 15 is 0 Å². The second kappa shape index (κ2) is 13.5. The van der Waals surface area contributed by atoms with Crippen LogP contribution in [0.2, 0.25) is 0 Å². The summed E-state index contributed by atoms with van der Waals surface area (Å²) in [6, 6.07) is 78.1. The molecule has 10 aromatic rings. The van der Waals surface area contributed by atoms with Gasteiger partial charge in [0.15, 0.2) is 0 Å². The Bertz CT molecular complexity index is 3160. The molecule has 274 valence electrons. The van der Waals surface area contributed by atoms with Crippen LogP contribution in [0, 0.1) is 0 Å². The number of hydrogen-bond donors (Lipinski definition) is 0. The first-order valence-corrected chi connectivity index (χ1v) is 20.3. The van der Waals surface area contributed by atoms with Gasteiger partial charge in [0.25, 0.3) is 0 Å². The monoisotopic (exact) mass is 739 g/mol. The van der Waals surface area contributed by atoms with E-state index in [1.807, 2.05) is 0 Å². The maximum absolute atomic E-state index is 2.43. The van der Waals surface area contributed by atoms with Crippen LogP contribution in [0.3, 0.4) is 0 Å². The van der Waals surface area contributed by atoms with Gasteiger partial charge in [0.05, 0.1) is 5.69 Å². The van der Waals surface area contributed by atoms with E-state index in [9.17, 15) is 0 Å². The molecule has 1 nitrogen and oxygen atoms in total. The van der Waals surface area contributed by atoms with Crippen molar-refractivity contribution < 1.29 is 0 Å². The third-order valence-electron chi connectivity index (χ3n) is 12.4. The standard InChI is InChI=1S/C57H41N/c1-57(2)52-26-13-20-42-31-36-47(40-17-7-4-8-18-40)55(54(42)52)51-25-14-24-48(56(51)57)41-29-34-45(35-30-41)58(44-32-27-39(28-33-44)38-15-5-3-6-16-38)53-37-43-19-9-10-21-46(43)49-22-11-12-23-50(49)53/h3-37H,1-2H3. The van der Waals surface area contributed by atoms with Gasteiger partial charge in [-0.2, -0.15) is 0 Å². The van der Waals surface area contributed by atoms with Crippen LogP contribution >= 0.6 is 0 Å². The number of fused-ring (bicyclic) bond motifs is 5. The van der Waals surface area contributed by atoms with Crippen LogP contribution < -0.4 is 4.90 Å². The summed E-state index contributed by atoms with van der Waals surface area (Å²) in [6.45, 7) is 4.81. The van der Waals surface area contributed by atoms with Gasteiger partial charge in [-0.15, -0.1) is 0 Å². The Balaban J connectivity index is 1.09. The van der Waals surface area contributed by atoms with Crippen molar-refractivity contribution in [1.82, 2.24) is 0 Å². The minimum Gasteiger partial charge on any atom is -0.310 e. The Labute approximate surface area is 340 Å². The maximum Gasteiger partial charge on any atom is 0.0546 e. The molecule has 1 heteroatoms. The van der Waals surface area contributed by atoms with Gasteiger partial charge in [-0.3, -0.25) is 0 Å². The van der Waals surface area contributed by atoms with Crippen molar-refractivity contribution in [2.75, 3.05) is 4.90 Å². The molecule has 0 atom stereocenters. The van der Waals surface area contributed by atoms with Gasteiger partial charge in [0.1, 0.15) is 0 Å². The van der Waals surface area contributed by atoms with E-state index in [-0.39, 0.29) is 5.41 Å². The number of rotatable bonds is 6. The van der Waals surface area contributed by atoms with Crippen LogP contribution in [0.5, 0.6) is 0 Å². The first-order valence-electron chi connectivity index (χ1n) is 20.3. The van der Waals surface area contributed by atoms with Crippen molar-refractivity contribution in [1.29, 1.82) is 0 Å². The predicted octanol–water partition coefficient (Wildman–Crippen LogP) is 15.9. The molecule has 0 unspecified atom stereocenters. The Hall–Kier alpha value is -7.22. The minimum atomic E-state index is -0.219. The Morgan fingerprint density at radius 2 is 0.897 bits per heavy atom. The number of anilines is 3. The van der Waals surface area contributed by atoms with Crippen molar-refractivity contribution in [2.24, 2.45) is 0 Å². The summed E-state index contributed by atoms with van der Waals surface area (Å²) in [5.74, 6) is 0. The van der Waals surface area contributed by atoms with Gasteiger partial charge >= 0.3 is 0 Å². The molecule has 11 rings (SSSR count). The van der Waals surface area contributed by atoms with Crippen molar-refractivity contribution >= 4 is 49.4 Å². The topological polar surface area (TPSA) is 3.24 Å². The highest BCUT2D eigenvalue weighted by Crippen LogP contribution is 2.54. The fourth-order valence-corrected chi connectivity index (χ4v) is 9.72. The summed E-state index contributed by atoms with van der Waals surface area (Å²) in [5, 5.41) is 7.62. The van der Waals surface area contributed by atoms with E-state index in [0.29, 0.717) is 0 Å². The lowest BCUT2D eigenvalue weighted by Gasteiger charge is -2.38. The van der Waals surface area contributed by atoms with Crippen LogP contribution in [0.25, 0.3) is 76.8 Å². The zero-order valence-electron chi connectivity index (χ0n) is 32.7. The van der Waals surface area contributed by atoms with E-state index < -0.39 is 0 Å². The quantitative estimate of drug-likeness (QED) is 0.154. The molecule has 1 aliphatic carbocycles. The predicted molar refractivity (Wildman–Crippen MR) is 248 cm³/mol. The third kappa shape index (κ3) is 5.39. The van der Waals surface area contributed by atoms with Crippen molar-refractivity contribution in [3.63, 3.8) is 0 Å². The second-order valence-electron chi connectivity index (χ2n) is 16.1. The molecule has 0 aromatic heterocycles. The molecule has 58 heavy (non-hydrogen) atoms. The number of hydrogen-bond acceptors (Lipinski definition) is 1. The molecule has 1 aliphatic rings. The van der Waals surface area contributed by atoms with E-state index in [1.165, 1.54) is 88.0 Å². The summed E-state index contributed by atoms with van der Waals surface area (Å²) < 4.78 is 0. The second-order valence-corrected chi connectivity index (χ2v) is 16.1.